The van der Waals surface area contributed by atoms with Crippen LogP contribution in [0.2, 0.25) is 0 Å². The van der Waals surface area contributed by atoms with Gasteiger partial charge in [-0.3, -0.25) is 0 Å². The van der Waals surface area contributed by atoms with Gasteiger partial charge in [0.1, 0.15) is 17.2 Å². The second-order valence-corrected chi connectivity index (χ2v) is 9.76. The van der Waals surface area contributed by atoms with Crippen LogP contribution in [0.3, 0.4) is 0 Å². The predicted molar refractivity (Wildman–Crippen MR) is 143 cm³/mol. The van der Waals surface area contributed by atoms with Crippen LogP contribution >= 0.6 is 7.82 Å². The number of aryl methyl sites for hydroxylation is 3. The number of hydrogen-bond acceptors (Lipinski definition) is 6. The first-order chi connectivity index (χ1) is 18.0. The lowest BCUT2D eigenvalue weighted by Gasteiger charge is -2.19. The molecular formula is C29H27O8P. The summed E-state index contributed by atoms with van der Waals surface area (Å²) in [6, 6.07) is 27.1. The number of carboxylic acids is 2. The Morgan fingerprint density at radius 3 is 1.03 bits per heavy atom. The second kappa shape index (κ2) is 12.6. The minimum absolute atomic E-state index is 0.190. The average molecular weight is 535 g/mol. The van der Waals surface area contributed by atoms with E-state index in [1.807, 2.05) is 57.2 Å². The standard InChI is InChI=1S/C21H21O4P.C8H6O4/c1-16-4-10-19(11-5-16)23-26(22,24-20-12-6-17(2)7-13-20)25-21-14-8-18(3)9-15-21;9-7(10)5-3-1-2-4-6(5)8(11)12/h4-15H,1-3H3;1-4H,(H,9,10)(H,11,12). The van der Waals surface area contributed by atoms with Gasteiger partial charge in [-0.05, 0) is 69.3 Å². The summed E-state index contributed by atoms with van der Waals surface area (Å²) in [5, 5.41) is 17.1. The third-order valence-electron chi connectivity index (χ3n) is 5.10. The summed E-state index contributed by atoms with van der Waals surface area (Å²) < 4.78 is 30.2. The molecule has 0 saturated carbocycles. The van der Waals surface area contributed by atoms with Crippen molar-refractivity contribution in [2.45, 2.75) is 20.8 Å². The van der Waals surface area contributed by atoms with Crippen molar-refractivity contribution < 1.29 is 37.9 Å². The number of benzene rings is 4. The highest BCUT2D eigenvalue weighted by atomic mass is 31.2. The number of aromatic carboxylic acids is 2. The summed E-state index contributed by atoms with van der Waals surface area (Å²) in [6.07, 6.45) is 0. The molecule has 0 aromatic heterocycles. The monoisotopic (exact) mass is 534 g/mol. The molecule has 38 heavy (non-hydrogen) atoms. The highest BCUT2D eigenvalue weighted by Gasteiger charge is 2.33. The van der Waals surface area contributed by atoms with Gasteiger partial charge in [0.2, 0.25) is 0 Å². The van der Waals surface area contributed by atoms with Crippen LogP contribution in [-0.2, 0) is 4.57 Å². The van der Waals surface area contributed by atoms with Crippen molar-refractivity contribution in [3.63, 3.8) is 0 Å². The maximum Gasteiger partial charge on any atom is 0.647 e. The van der Waals surface area contributed by atoms with Gasteiger partial charge in [0.05, 0.1) is 11.1 Å². The van der Waals surface area contributed by atoms with Crippen LogP contribution in [0.15, 0.2) is 97.1 Å². The van der Waals surface area contributed by atoms with Crippen molar-refractivity contribution in [2.75, 3.05) is 0 Å². The first-order valence-electron chi connectivity index (χ1n) is 11.5. The molecule has 0 radical (unpaired) electrons. The van der Waals surface area contributed by atoms with Crippen molar-refractivity contribution in [3.05, 3.63) is 125 Å². The van der Waals surface area contributed by atoms with Crippen LogP contribution in [0, 0.1) is 20.8 Å². The minimum Gasteiger partial charge on any atom is -0.478 e. The zero-order valence-corrected chi connectivity index (χ0v) is 21.9. The largest absolute Gasteiger partial charge is 0.647 e. The number of phosphoric ester groups is 1. The molecule has 0 amide bonds. The Bertz CT molecular complexity index is 1270. The Labute approximate surface area is 220 Å². The zero-order valence-electron chi connectivity index (χ0n) is 21.0. The molecule has 0 aliphatic heterocycles. The van der Waals surface area contributed by atoms with Gasteiger partial charge in [0.25, 0.3) is 0 Å². The summed E-state index contributed by atoms with van der Waals surface area (Å²) in [6.45, 7) is 5.90. The highest BCUT2D eigenvalue weighted by Crippen LogP contribution is 2.49. The zero-order chi connectivity index (χ0) is 27.7. The molecule has 0 spiro atoms. The lowest BCUT2D eigenvalue weighted by molar-refractivity contribution is 0.0651. The summed E-state index contributed by atoms with van der Waals surface area (Å²) >= 11 is 0. The van der Waals surface area contributed by atoms with E-state index in [1.54, 1.807) is 36.4 Å². The van der Waals surface area contributed by atoms with E-state index in [9.17, 15) is 14.2 Å². The minimum atomic E-state index is -3.93. The molecule has 196 valence electrons. The van der Waals surface area contributed by atoms with Gasteiger partial charge in [0.15, 0.2) is 0 Å². The Morgan fingerprint density at radius 1 is 0.526 bits per heavy atom. The fourth-order valence-corrected chi connectivity index (χ4v) is 4.35. The predicted octanol–water partition coefficient (Wildman–Crippen LogP) is 7.34. The molecule has 0 atom stereocenters. The molecule has 4 aromatic carbocycles. The Hall–Kier alpha value is -4.55. The normalized spacial score (nSPS) is 10.5. The van der Waals surface area contributed by atoms with Gasteiger partial charge in [-0.25, -0.2) is 9.59 Å². The third-order valence-corrected chi connectivity index (χ3v) is 6.41. The maximum absolute atomic E-state index is 13.3. The van der Waals surface area contributed by atoms with Crippen LogP contribution in [-0.4, -0.2) is 22.2 Å². The molecule has 0 saturated heterocycles. The molecule has 0 unspecified atom stereocenters. The summed E-state index contributed by atoms with van der Waals surface area (Å²) in [4.78, 5) is 20.9. The molecule has 0 fully saturated rings. The number of rotatable bonds is 8. The van der Waals surface area contributed by atoms with E-state index in [-0.39, 0.29) is 11.1 Å². The van der Waals surface area contributed by atoms with Gasteiger partial charge in [-0.2, -0.15) is 4.57 Å². The van der Waals surface area contributed by atoms with Crippen molar-refractivity contribution in [2.24, 2.45) is 0 Å². The Balaban J connectivity index is 0.000000279. The van der Waals surface area contributed by atoms with E-state index in [0.717, 1.165) is 16.7 Å². The molecule has 0 heterocycles. The van der Waals surface area contributed by atoms with Crippen LogP contribution in [0.25, 0.3) is 0 Å². The molecule has 4 rings (SSSR count). The summed E-state index contributed by atoms with van der Waals surface area (Å²) in [5.74, 6) is -1.21. The first kappa shape index (κ1) is 28.0. The molecule has 9 heteroatoms. The number of carbonyl (C=O) groups is 2. The summed E-state index contributed by atoms with van der Waals surface area (Å²) in [7, 11) is -3.93. The van der Waals surface area contributed by atoms with Crippen LogP contribution in [0.5, 0.6) is 17.2 Å². The van der Waals surface area contributed by atoms with Gasteiger partial charge in [-0.15, -0.1) is 0 Å². The van der Waals surface area contributed by atoms with Gasteiger partial charge >= 0.3 is 19.8 Å². The van der Waals surface area contributed by atoms with E-state index in [4.69, 9.17) is 23.8 Å². The van der Waals surface area contributed by atoms with E-state index < -0.39 is 19.8 Å². The molecule has 2 N–H and O–H groups in total. The fraction of sp³-hybridized carbons (Fsp3) is 0.103. The molecule has 0 aliphatic carbocycles. The Morgan fingerprint density at radius 2 is 0.789 bits per heavy atom. The van der Waals surface area contributed by atoms with Crippen LogP contribution in [0.1, 0.15) is 37.4 Å². The van der Waals surface area contributed by atoms with E-state index >= 15 is 0 Å². The van der Waals surface area contributed by atoms with Gasteiger partial charge in [0, 0.05) is 0 Å². The summed E-state index contributed by atoms with van der Waals surface area (Å²) in [5.41, 5.74) is 2.85. The smallest absolute Gasteiger partial charge is 0.478 e. The third kappa shape index (κ3) is 8.25. The molecule has 4 aromatic rings. The van der Waals surface area contributed by atoms with Crippen molar-refractivity contribution in [3.8, 4) is 17.2 Å². The lowest BCUT2D eigenvalue weighted by Crippen LogP contribution is -2.07. The van der Waals surface area contributed by atoms with E-state index in [2.05, 4.69) is 0 Å². The quantitative estimate of drug-likeness (QED) is 0.225. The van der Waals surface area contributed by atoms with Crippen LogP contribution in [0.4, 0.5) is 0 Å². The fourth-order valence-electron chi connectivity index (χ4n) is 3.10. The van der Waals surface area contributed by atoms with Crippen molar-refractivity contribution >= 4 is 19.8 Å². The second-order valence-electron chi connectivity index (χ2n) is 8.32. The molecule has 0 bridgehead atoms. The van der Waals surface area contributed by atoms with Crippen molar-refractivity contribution in [1.82, 2.24) is 0 Å². The van der Waals surface area contributed by atoms with Crippen molar-refractivity contribution in [1.29, 1.82) is 0 Å². The number of carboxylic acid groups (broad SMARTS) is 2. The van der Waals surface area contributed by atoms with Crippen LogP contribution < -0.4 is 13.6 Å². The molecule has 8 nitrogen and oxygen atoms in total. The number of phosphoric acid groups is 1. The molecule has 0 aliphatic rings. The average Bonchev–Trinajstić information content (AvgIpc) is 2.88. The van der Waals surface area contributed by atoms with E-state index in [0.29, 0.717) is 17.2 Å². The van der Waals surface area contributed by atoms with Gasteiger partial charge < -0.3 is 23.8 Å². The first-order valence-corrected chi connectivity index (χ1v) is 13.0. The lowest BCUT2D eigenvalue weighted by atomic mass is 10.1. The SMILES string of the molecule is Cc1ccc(OP(=O)(Oc2ccc(C)cc2)Oc2ccc(C)cc2)cc1.O=C(O)c1ccccc1C(=O)O. The topological polar surface area (TPSA) is 119 Å². The molecular weight excluding hydrogens is 507 g/mol. The number of hydrogen-bond donors (Lipinski definition) is 2. The maximum atomic E-state index is 13.3. The van der Waals surface area contributed by atoms with Gasteiger partial charge in [-0.1, -0.05) is 65.2 Å². The highest BCUT2D eigenvalue weighted by molar-refractivity contribution is 7.49. The Kier molecular flexibility index (Phi) is 9.30. The van der Waals surface area contributed by atoms with E-state index in [1.165, 1.54) is 24.3 Å².